The van der Waals surface area contributed by atoms with Crippen molar-refractivity contribution in [1.29, 1.82) is 0 Å². The van der Waals surface area contributed by atoms with E-state index >= 15 is 0 Å². The molecule has 5 nitrogen and oxygen atoms in total. The van der Waals surface area contributed by atoms with Crippen molar-refractivity contribution in [3.05, 3.63) is 11.9 Å². The van der Waals surface area contributed by atoms with Crippen molar-refractivity contribution in [1.82, 2.24) is 15.1 Å². The number of nitrogens with one attached hydrogen (secondary N) is 2. The number of carbonyl (C=O) groups excluding carboxylic acids is 1. The van der Waals surface area contributed by atoms with E-state index in [9.17, 15) is 4.79 Å². The number of hydrogen-bond acceptors (Lipinski definition) is 2. The molecule has 13 heavy (non-hydrogen) atoms. The van der Waals surface area contributed by atoms with Crippen molar-refractivity contribution in [2.45, 2.75) is 13.3 Å². The van der Waals surface area contributed by atoms with E-state index in [0.717, 1.165) is 17.8 Å². The Kier molecular flexibility index (Phi) is 2.89. The smallest absolute Gasteiger partial charge is 0.319 e. The van der Waals surface area contributed by atoms with Crippen LogP contribution in [0.4, 0.5) is 10.5 Å². The molecule has 0 aliphatic heterocycles. The topological polar surface area (TPSA) is 59.0 Å². The Morgan fingerprint density at radius 3 is 2.92 bits per heavy atom. The van der Waals surface area contributed by atoms with Crippen molar-refractivity contribution in [2.24, 2.45) is 7.05 Å². The molecule has 72 valence electrons. The Morgan fingerprint density at radius 1 is 1.69 bits per heavy atom. The first kappa shape index (κ1) is 9.57. The van der Waals surface area contributed by atoms with E-state index < -0.39 is 0 Å². The molecule has 1 aromatic heterocycles. The molecule has 1 aromatic rings. The summed E-state index contributed by atoms with van der Waals surface area (Å²) >= 11 is 0. The first-order valence-corrected chi connectivity index (χ1v) is 4.18. The lowest BCUT2D eigenvalue weighted by Crippen LogP contribution is -2.24. The number of anilines is 1. The fourth-order valence-electron chi connectivity index (χ4n) is 1.17. The van der Waals surface area contributed by atoms with Gasteiger partial charge in [0.25, 0.3) is 0 Å². The number of urea groups is 1. The van der Waals surface area contributed by atoms with E-state index in [1.165, 1.54) is 0 Å². The summed E-state index contributed by atoms with van der Waals surface area (Å²) in [5, 5.41) is 9.23. The summed E-state index contributed by atoms with van der Waals surface area (Å²) in [6, 6.07) is -0.220. The maximum atomic E-state index is 11.0. The number of hydrogen-bond donors (Lipinski definition) is 2. The molecule has 0 aliphatic carbocycles. The molecule has 0 spiro atoms. The zero-order chi connectivity index (χ0) is 9.84. The van der Waals surface area contributed by atoms with Crippen LogP contribution in [0.5, 0.6) is 0 Å². The Labute approximate surface area is 77.1 Å². The van der Waals surface area contributed by atoms with Crippen molar-refractivity contribution < 1.29 is 4.79 Å². The molecule has 2 amide bonds. The summed E-state index contributed by atoms with van der Waals surface area (Å²) in [6.07, 6.45) is 2.49. The van der Waals surface area contributed by atoms with E-state index in [0.29, 0.717) is 0 Å². The lowest BCUT2D eigenvalue weighted by molar-refractivity contribution is 0.254. The number of carbonyl (C=O) groups is 1. The molecule has 0 aliphatic rings. The number of nitrogens with zero attached hydrogens (tertiary/aromatic N) is 2. The van der Waals surface area contributed by atoms with Gasteiger partial charge in [0.2, 0.25) is 0 Å². The van der Waals surface area contributed by atoms with Crippen LogP contribution < -0.4 is 10.6 Å². The lowest BCUT2D eigenvalue weighted by atomic mass is 10.3. The van der Waals surface area contributed by atoms with E-state index in [4.69, 9.17) is 0 Å². The largest absolute Gasteiger partial charge is 0.341 e. The summed E-state index contributed by atoms with van der Waals surface area (Å²) < 4.78 is 1.76. The molecule has 1 rings (SSSR count). The van der Waals surface area contributed by atoms with Crippen LogP contribution in [-0.4, -0.2) is 22.9 Å². The molecular formula is C8H14N4O. The Bertz CT molecular complexity index is 305. The van der Waals surface area contributed by atoms with E-state index in [-0.39, 0.29) is 6.03 Å². The van der Waals surface area contributed by atoms with Crippen LogP contribution in [0.15, 0.2) is 6.20 Å². The Hall–Kier alpha value is -1.52. The van der Waals surface area contributed by atoms with Gasteiger partial charge in [-0.25, -0.2) is 4.79 Å². The molecule has 0 atom stereocenters. The number of amides is 2. The molecule has 0 saturated carbocycles. The van der Waals surface area contributed by atoms with Crippen molar-refractivity contribution in [3.8, 4) is 0 Å². The van der Waals surface area contributed by atoms with Crippen molar-refractivity contribution in [2.75, 3.05) is 12.4 Å². The van der Waals surface area contributed by atoms with Crippen molar-refractivity contribution >= 4 is 11.7 Å². The maximum Gasteiger partial charge on any atom is 0.319 e. The summed E-state index contributed by atoms with van der Waals surface area (Å²) in [7, 11) is 3.44. The highest BCUT2D eigenvalue weighted by atomic mass is 16.2. The number of aromatic nitrogens is 2. The highest BCUT2D eigenvalue weighted by molar-refractivity contribution is 5.89. The molecule has 0 saturated heterocycles. The molecule has 1 heterocycles. The van der Waals surface area contributed by atoms with Crippen LogP contribution in [0.25, 0.3) is 0 Å². The molecule has 5 heteroatoms. The van der Waals surface area contributed by atoms with Gasteiger partial charge in [-0.1, -0.05) is 6.92 Å². The van der Waals surface area contributed by atoms with Gasteiger partial charge in [0, 0.05) is 14.1 Å². The summed E-state index contributed by atoms with van der Waals surface area (Å²) in [6.45, 7) is 2.02. The number of aryl methyl sites for hydroxylation is 1. The monoisotopic (exact) mass is 182 g/mol. The van der Waals surface area contributed by atoms with Gasteiger partial charge in [-0.15, -0.1) is 0 Å². The van der Waals surface area contributed by atoms with Crippen LogP contribution >= 0.6 is 0 Å². The second-order valence-corrected chi connectivity index (χ2v) is 2.69. The molecular weight excluding hydrogens is 168 g/mol. The average molecular weight is 182 g/mol. The quantitative estimate of drug-likeness (QED) is 0.708. The second kappa shape index (κ2) is 3.93. The second-order valence-electron chi connectivity index (χ2n) is 2.69. The molecule has 0 unspecified atom stereocenters. The standard InChI is InChI=1S/C8H14N4O/c1-4-7-6(5-10-12(7)3)11-8(13)9-2/h5H,4H2,1-3H3,(H2,9,11,13). The average Bonchev–Trinajstić information content (AvgIpc) is 2.46. The summed E-state index contributed by atoms with van der Waals surface area (Å²) in [5.74, 6) is 0. The summed E-state index contributed by atoms with van der Waals surface area (Å²) in [4.78, 5) is 11.0. The SMILES string of the molecule is CCc1c(NC(=O)NC)cnn1C. The van der Waals surface area contributed by atoms with Gasteiger partial charge < -0.3 is 10.6 Å². The van der Waals surface area contributed by atoms with Crippen molar-refractivity contribution in [3.63, 3.8) is 0 Å². The van der Waals surface area contributed by atoms with E-state index in [1.54, 1.807) is 17.9 Å². The fraction of sp³-hybridized carbons (Fsp3) is 0.500. The van der Waals surface area contributed by atoms with Gasteiger partial charge in [0.1, 0.15) is 0 Å². The fourth-order valence-corrected chi connectivity index (χ4v) is 1.17. The third-order valence-corrected chi connectivity index (χ3v) is 1.87. The first-order valence-electron chi connectivity index (χ1n) is 4.18. The van der Waals surface area contributed by atoms with Crippen LogP contribution in [0.2, 0.25) is 0 Å². The minimum Gasteiger partial charge on any atom is -0.341 e. The van der Waals surface area contributed by atoms with Crippen LogP contribution in [-0.2, 0) is 13.5 Å². The van der Waals surface area contributed by atoms with Gasteiger partial charge in [-0.05, 0) is 6.42 Å². The van der Waals surface area contributed by atoms with E-state index in [2.05, 4.69) is 15.7 Å². The predicted molar refractivity (Wildman–Crippen MR) is 50.7 cm³/mol. The minimum atomic E-state index is -0.220. The number of rotatable bonds is 2. The van der Waals surface area contributed by atoms with Gasteiger partial charge in [-0.2, -0.15) is 5.10 Å². The zero-order valence-electron chi connectivity index (χ0n) is 8.09. The van der Waals surface area contributed by atoms with Gasteiger partial charge >= 0.3 is 6.03 Å². The minimum absolute atomic E-state index is 0.220. The first-order chi connectivity index (χ1) is 6.19. The highest BCUT2D eigenvalue weighted by Crippen LogP contribution is 2.13. The predicted octanol–water partition coefficient (Wildman–Crippen LogP) is 0.734. The van der Waals surface area contributed by atoms with Gasteiger partial charge in [-0.3, -0.25) is 4.68 Å². The molecule has 0 aromatic carbocycles. The lowest BCUT2D eigenvalue weighted by Gasteiger charge is -2.04. The van der Waals surface area contributed by atoms with E-state index in [1.807, 2.05) is 14.0 Å². The highest BCUT2D eigenvalue weighted by Gasteiger charge is 2.07. The molecule has 0 bridgehead atoms. The summed E-state index contributed by atoms with van der Waals surface area (Å²) in [5.41, 5.74) is 1.79. The zero-order valence-corrected chi connectivity index (χ0v) is 8.09. The van der Waals surface area contributed by atoms with Gasteiger partial charge in [0.15, 0.2) is 0 Å². The Balaban J connectivity index is 2.82. The normalized spacial score (nSPS) is 9.77. The van der Waals surface area contributed by atoms with Crippen LogP contribution in [0, 0.1) is 0 Å². The van der Waals surface area contributed by atoms with Crippen LogP contribution in [0.3, 0.4) is 0 Å². The Morgan fingerprint density at radius 2 is 2.38 bits per heavy atom. The van der Waals surface area contributed by atoms with Crippen LogP contribution in [0.1, 0.15) is 12.6 Å². The third kappa shape index (κ3) is 1.99. The van der Waals surface area contributed by atoms with Gasteiger partial charge in [0.05, 0.1) is 17.6 Å². The maximum absolute atomic E-state index is 11.0. The molecule has 0 fully saturated rings. The molecule has 2 N–H and O–H groups in total. The molecule has 0 radical (unpaired) electrons. The third-order valence-electron chi connectivity index (χ3n) is 1.87.